The van der Waals surface area contributed by atoms with Gasteiger partial charge in [-0.15, -0.1) is 0 Å². The molecule has 0 amide bonds. The number of aryl methyl sites for hydroxylation is 1. The maximum Gasteiger partial charge on any atom is 0.159 e. The van der Waals surface area contributed by atoms with E-state index < -0.39 is 17.2 Å². The van der Waals surface area contributed by atoms with Crippen LogP contribution in [0.5, 0.6) is 0 Å². The van der Waals surface area contributed by atoms with Crippen LogP contribution in [0.1, 0.15) is 23.6 Å². The molecule has 0 radical (unpaired) electrons. The minimum absolute atomic E-state index is 0.284. The molecule has 0 spiro atoms. The van der Waals surface area contributed by atoms with Crippen LogP contribution >= 0.6 is 0 Å². The summed E-state index contributed by atoms with van der Waals surface area (Å²) in [5.74, 6) is -2.13. The molecule has 2 rings (SSSR count). The summed E-state index contributed by atoms with van der Waals surface area (Å²) in [7, 11) is 0. The lowest BCUT2D eigenvalue weighted by Gasteiger charge is -2.26. The van der Waals surface area contributed by atoms with Crippen molar-refractivity contribution in [3.8, 4) is 0 Å². The fourth-order valence-electron chi connectivity index (χ4n) is 2.12. The molecule has 0 aliphatic carbocycles. The molecule has 0 fully saturated rings. The zero-order valence-electron chi connectivity index (χ0n) is 11.4. The summed E-state index contributed by atoms with van der Waals surface area (Å²) in [5.41, 5.74) is 7.05. The second kappa shape index (κ2) is 5.29. The molecule has 20 heavy (non-hydrogen) atoms. The van der Waals surface area contributed by atoms with Gasteiger partial charge in [-0.1, -0.05) is 18.2 Å². The van der Waals surface area contributed by atoms with Crippen LogP contribution in [0.25, 0.3) is 0 Å². The molecule has 1 unspecified atom stereocenters. The summed E-state index contributed by atoms with van der Waals surface area (Å²) >= 11 is 0. The zero-order valence-corrected chi connectivity index (χ0v) is 11.4. The average Bonchev–Trinajstić information content (AvgIpc) is 2.37. The van der Waals surface area contributed by atoms with Crippen LogP contribution in [0, 0.1) is 24.4 Å². The lowest BCUT2D eigenvalue weighted by Crippen LogP contribution is -2.35. The van der Waals surface area contributed by atoms with E-state index in [-0.39, 0.29) is 12.2 Å². The maximum atomic E-state index is 13.6. The van der Waals surface area contributed by atoms with E-state index >= 15 is 0 Å². The molecule has 0 saturated heterocycles. The van der Waals surface area contributed by atoms with E-state index in [2.05, 4.69) is 0 Å². The van der Waals surface area contributed by atoms with Crippen molar-refractivity contribution in [3.05, 3.63) is 70.5 Å². The predicted molar refractivity (Wildman–Crippen MR) is 72.7 cm³/mol. The summed E-state index contributed by atoms with van der Waals surface area (Å²) in [6.45, 7) is 3.40. The molecule has 2 N–H and O–H groups in total. The molecule has 0 aliphatic heterocycles. The number of benzene rings is 2. The monoisotopic (exact) mass is 279 g/mol. The van der Waals surface area contributed by atoms with Gasteiger partial charge in [-0.25, -0.2) is 13.2 Å². The van der Waals surface area contributed by atoms with E-state index in [4.69, 9.17) is 5.73 Å². The molecular weight excluding hydrogens is 263 g/mol. The van der Waals surface area contributed by atoms with Gasteiger partial charge in [-0.3, -0.25) is 0 Å². The zero-order chi connectivity index (χ0) is 14.9. The third-order valence-electron chi connectivity index (χ3n) is 3.39. The van der Waals surface area contributed by atoms with Gasteiger partial charge < -0.3 is 5.73 Å². The van der Waals surface area contributed by atoms with Gasteiger partial charge in [0.2, 0.25) is 0 Å². The van der Waals surface area contributed by atoms with E-state index in [0.717, 1.165) is 12.1 Å². The Morgan fingerprint density at radius 1 is 0.950 bits per heavy atom. The van der Waals surface area contributed by atoms with Crippen LogP contribution in [-0.4, -0.2) is 0 Å². The van der Waals surface area contributed by atoms with Crippen LogP contribution in [0.15, 0.2) is 36.4 Å². The van der Waals surface area contributed by atoms with Gasteiger partial charge in [0.05, 0.1) is 0 Å². The third-order valence-corrected chi connectivity index (χ3v) is 3.39. The first-order valence-corrected chi connectivity index (χ1v) is 6.29. The summed E-state index contributed by atoms with van der Waals surface area (Å²) < 4.78 is 39.7. The summed E-state index contributed by atoms with van der Waals surface area (Å²) in [6.07, 6.45) is 0.284. The van der Waals surface area contributed by atoms with E-state index in [1.807, 2.05) is 0 Å². The molecule has 4 heteroatoms. The third kappa shape index (κ3) is 3.02. The molecule has 1 atom stereocenters. The van der Waals surface area contributed by atoms with Gasteiger partial charge in [0.15, 0.2) is 11.6 Å². The molecule has 2 aromatic rings. The normalized spacial score (nSPS) is 14.1. The minimum Gasteiger partial charge on any atom is -0.321 e. The Kier molecular flexibility index (Phi) is 3.86. The van der Waals surface area contributed by atoms with Gasteiger partial charge in [-0.2, -0.15) is 0 Å². The molecule has 2 aromatic carbocycles. The van der Waals surface area contributed by atoms with Crippen LogP contribution in [0.4, 0.5) is 13.2 Å². The fourth-order valence-corrected chi connectivity index (χ4v) is 2.12. The first kappa shape index (κ1) is 14.6. The van der Waals surface area contributed by atoms with Crippen molar-refractivity contribution in [3.63, 3.8) is 0 Å². The highest BCUT2D eigenvalue weighted by molar-refractivity contribution is 5.31. The summed E-state index contributed by atoms with van der Waals surface area (Å²) in [6, 6.07) is 8.45. The van der Waals surface area contributed by atoms with E-state index in [9.17, 15) is 13.2 Å². The van der Waals surface area contributed by atoms with Gasteiger partial charge in [0.1, 0.15) is 5.82 Å². The highest BCUT2D eigenvalue weighted by Crippen LogP contribution is 2.25. The number of nitrogens with two attached hydrogens (primary N) is 1. The van der Waals surface area contributed by atoms with Crippen molar-refractivity contribution in [2.24, 2.45) is 5.73 Å². The summed E-state index contributed by atoms with van der Waals surface area (Å²) in [4.78, 5) is 0. The van der Waals surface area contributed by atoms with Crippen LogP contribution in [0.3, 0.4) is 0 Å². The minimum atomic E-state index is -0.909. The molecular formula is C16H16F3N. The quantitative estimate of drug-likeness (QED) is 0.908. The van der Waals surface area contributed by atoms with E-state index in [0.29, 0.717) is 16.7 Å². The van der Waals surface area contributed by atoms with Crippen LogP contribution < -0.4 is 5.73 Å². The van der Waals surface area contributed by atoms with Gasteiger partial charge >= 0.3 is 0 Å². The Labute approximate surface area is 116 Å². The Balaban J connectivity index is 2.29. The standard InChI is InChI=1S/C16H16F3N/c1-10-3-5-12(8-14(10)18)16(2,20)9-11-4-6-13(17)15(19)7-11/h3-8H,9,20H2,1-2H3. The lowest BCUT2D eigenvalue weighted by molar-refractivity contribution is 0.476. The largest absolute Gasteiger partial charge is 0.321 e. The van der Waals surface area contributed by atoms with Crippen molar-refractivity contribution in [2.45, 2.75) is 25.8 Å². The van der Waals surface area contributed by atoms with Crippen molar-refractivity contribution in [2.75, 3.05) is 0 Å². The summed E-state index contributed by atoms with van der Waals surface area (Å²) in [5, 5.41) is 0. The SMILES string of the molecule is Cc1ccc(C(C)(N)Cc2ccc(F)c(F)c2)cc1F. The van der Waals surface area contributed by atoms with E-state index in [1.165, 1.54) is 12.1 Å². The predicted octanol–water partition coefficient (Wildman–Crippen LogP) is 3.83. The second-order valence-corrected chi connectivity index (χ2v) is 5.31. The smallest absolute Gasteiger partial charge is 0.159 e. The average molecular weight is 279 g/mol. The highest BCUT2D eigenvalue weighted by atomic mass is 19.2. The number of hydrogen-bond acceptors (Lipinski definition) is 1. The van der Waals surface area contributed by atoms with Crippen LogP contribution in [-0.2, 0) is 12.0 Å². The van der Waals surface area contributed by atoms with Crippen molar-refractivity contribution < 1.29 is 13.2 Å². The number of rotatable bonds is 3. The fraction of sp³-hybridized carbons (Fsp3) is 0.250. The molecule has 0 aliphatic rings. The second-order valence-electron chi connectivity index (χ2n) is 5.31. The Hall–Kier alpha value is -1.81. The molecule has 0 saturated carbocycles. The maximum absolute atomic E-state index is 13.6. The van der Waals surface area contributed by atoms with Gasteiger partial charge in [0, 0.05) is 5.54 Å². The molecule has 0 aromatic heterocycles. The van der Waals surface area contributed by atoms with Crippen molar-refractivity contribution in [1.82, 2.24) is 0 Å². The Bertz CT molecular complexity index is 636. The number of hydrogen-bond donors (Lipinski definition) is 1. The van der Waals surface area contributed by atoms with Gasteiger partial charge in [0.25, 0.3) is 0 Å². The molecule has 106 valence electrons. The topological polar surface area (TPSA) is 26.0 Å². The Morgan fingerprint density at radius 2 is 1.65 bits per heavy atom. The van der Waals surface area contributed by atoms with Crippen molar-refractivity contribution in [1.29, 1.82) is 0 Å². The van der Waals surface area contributed by atoms with Gasteiger partial charge in [-0.05, 0) is 55.2 Å². The van der Waals surface area contributed by atoms with E-state index in [1.54, 1.807) is 26.0 Å². The van der Waals surface area contributed by atoms with Crippen LogP contribution in [0.2, 0.25) is 0 Å². The highest BCUT2D eigenvalue weighted by Gasteiger charge is 2.23. The first-order valence-electron chi connectivity index (χ1n) is 6.29. The Morgan fingerprint density at radius 3 is 2.25 bits per heavy atom. The molecule has 0 bridgehead atoms. The van der Waals surface area contributed by atoms with Crippen molar-refractivity contribution >= 4 is 0 Å². The molecule has 1 nitrogen and oxygen atoms in total. The molecule has 0 heterocycles. The lowest BCUT2D eigenvalue weighted by atomic mass is 9.86. The first-order chi connectivity index (χ1) is 9.29. The number of halogens is 3.